The lowest BCUT2D eigenvalue weighted by molar-refractivity contribution is 0.0535. The van der Waals surface area contributed by atoms with Gasteiger partial charge < -0.3 is 19.1 Å². The molecule has 0 spiro atoms. The van der Waals surface area contributed by atoms with Gasteiger partial charge in [-0.2, -0.15) is 0 Å². The van der Waals surface area contributed by atoms with Crippen LogP contribution in [0.3, 0.4) is 0 Å². The van der Waals surface area contributed by atoms with Crippen molar-refractivity contribution >= 4 is 40.4 Å². The first-order valence-electron chi connectivity index (χ1n) is 8.51. The lowest BCUT2D eigenvalue weighted by Crippen LogP contribution is -2.50. The van der Waals surface area contributed by atoms with E-state index >= 15 is 0 Å². The summed E-state index contributed by atoms with van der Waals surface area (Å²) in [5.74, 6) is -0.326. The highest BCUT2D eigenvalue weighted by Crippen LogP contribution is 2.19. The fourth-order valence-electron chi connectivity index (χ4n) is 3.01. The van der Waals surface area contributed by atoms with Crippen LogP contribution in [0.5, 0.6) is 0 Å². The molecule has 2 heterocycles. The summed E-state index contributed by atoms with van der Waals surface area (Å²) in [7, 11) is 0. The van der Waals surface area contributed by atoms with Gasteiger partial charge in [-0.3, -0.25) is 18.8 Å². The quantitative estimate of drug-likeness (QED) is 0.758. The van der Waals surface area contributed by atoms with E-state index in [1.54, 1.807) is 41.0 Å². The summed E-state index contributed by atoms with van der Waals surface area (Å²) in [5, 5.41) is 0.397. The molecule has 0 radical (unpaired) electrons. The number of nitrogens with one attached hydrogen (secondary N) is 1. The molecule has 1 aliphatic heterocycles. The van der Waals surface area contributed by atoms with E-state index in [0.717, 1.165) is 0 Å². The molecule has 0 aliphatic carbocycles. The van der Waals surface area contributed by atoms with E-state index in [2.05, 4.69) is 9.71 Å². The first-order chi connectivity index (χ1) is 13.3. The predicted octanol–water partition coefficient (Wildman–Crippen LogP) is 1.85. The standard InChI is InChI=1S/C18H19ClN4O4S/c1-12-8-13(2-3-16(12)21-28(26)27)17(24)22-4-6-23(7-5-22)18(25)14-9-15(19)11-20-10-14/h2-3,8-11,21H,4-7H2,1H3,(H,26,27)/p-1. The minimum atomic E-state index is -2.42. The Kier molecular flexibility index (Phi) is 6.28. The van der Waals surface area contributed by atoms with Gasteiger partial charge in [0.1, 0.15) is 0 Å². The topological polar surface area (TPSA) is 106 Å². The fourth-order valence-corrected chi connectivity index (χ4v) is 3.59. The summed E-state index contributed by atoms with van der Waals surface area (Å²) in [5.41, 5.74) is 1.97. The van der Waals surface area contributed by atoms with E-state index < -0.39 is 11.3 Å². The molecule has 0 bridgehead atoms. The number of piperazine rings is 1. The average Bonchev–Trinajstić information content (AvgIpc) is 2.68. The van der Waals surface area contributed by atoms with Crippen LogP contribution in [-0.2, 0) is 11.3 Å². The highest BCUT2D eigenvalue weighted by molar-refractivity contribution is 7.80. The molecule has 8 nitrogen and oxygen atoms in total. The molecule has 1 fully saturated rings. The molecule has 2 aromatic rings. The van der Waals surface area contributed by atoms with Gasteiger partial charge in [0.15, 0.2) is 0 Å². The van der Waals surface area contributed by atoms with Crippen LogP contribution in [-0.4, -0.2) is 61.5 Å². The van der Waals surface area contributed by atoms with Gasteiger partial charge in [0, 0.05) is 61.1 Å². The monoisotopic (exact) mass is 421 g/mol. The van der Waals surface area contributed by atoms with Gasteiger partial charge in [-0.15, -0.1) is 0 Å². The van der Waals surface area contributed by atoms with Crippen LogP contribution >= 0.6 is 11.6 Å². The molecule has 3 rings (SSSR count). The van der Waals surface area contributed by atoms with Gasteiger partial charge in [0.25, 0.3) is 11.8 Å². The smallest absolute Gasteiger partial charge is 0.255 e. The van der Waals surface area contributed by atoms with Crippen LogP contribution in [0, 0.1) is 6.92 Å². The third-order valence-electron chi connectivity index (χ3n) is 4.47. The summed E-state index contributed by atoms with van der Waals surface area (Å²) in [6.07, 6.45) is 2.94. The maximum Gasteiger partial charge on any atom is 0.255 e. The van der Waals surface area contributed by atoms with Crippen molar-refractivity contribution < 1.29 is 18.4 Å². The average molecular weight is 422 g/mol. The minimum absolute atomic E-state index is 0.158. The third-order valence-corrected chi connectivity index (χ3v) is 5.07. The van der Waals surface area contributed by atoms with Crippen molar-refractivity contribution in [3.63, 3.8) is 0 Å². The third kappa shape index (κ3) is 4.67. The summed E-state index contributed by atoms with van der Waals surface area (Å²) in [6, 6.07) is 6.36. The molecule has 1 aromatic heterocycles. The second-order valence-corrected chi connectivity index (χ2v) is 7.45. The number of amides is 2. The zero-order valence-electron chi connectivity index (χ0n) is 15.1. The molecule has 1 aliphatic rings. The van der Waals surface area contributed by atoms with E-state index in [1.807, 2.05) is 0 Å². The lowest BCUT2D eigenvalue weighted by atomic mass is 10.1. The van der Waals surface area contributed by atoms with Crippen molar-refractivity contribution in [3.05, 3.63) is 58.4 Å². The zero-order valence-corrected chi connectivity index (χ0v) is 16.6. The second-order valence-electron chi connectivity index (χ2n) is 6.34. The summed E-state index contributed by atoms with van der Waals surface area (Å²) >= 11 is 3.47. The number of rotatable bonds is 4. The number of benzene rings is 1. The first-order valence-corrected chi connectivity index (χ1v) is 9.96. The number of carbonyl (C=O) groups excluding carboxylic acids is 2. The van der Waals surface area contributed by atoms with E-state index in [0.29, 0.717) is 53.6 Å². The maximum atomic E-state index is 12.7. The Morgan fingerprint density at radius 3 is 2.21 bits per heavy atom. The Bertz CT molecular complexity index is 932. The van der Waals surface area contributed by atoms with Gasteiger partial charge in [-0.25, -0.2) is 0 Å². The Balaban J connectivity index is 1.63. The Morgan fingerprint density at radius 1 is 1.07 bits per heavy atom. The summed E-state index contributed by atoms with van der Waals surface area (Å²) in [6.45, 7) is 3.35. The van der Waals surface area contributed by atoms with Crippen molar-refractivity contribution in [2.24, 2.45) is 0 Å². The molecular formula is C18H18ClN4O4S-. The van der Waals surface area contributed by atoms with E-state index in [-0.39, 0.29) is 11.8 Å². The number of carbonyl (C=O) groups is 2. The van der Waals surface area contributed by atoms with E-state index in [1.165, 1.54) is 12.4 Å². The largest absolute Gasteiger partial charge is 0.755 e. The second kappa shape index (κ2) is 8.68. The highest BCUT2D eigenvalue weighted by atomic mass is 35.5. The van der Waals surface area contributed by atoms with E-state index in [4.69, 9.17) is 11.6 Å². The zero-order chi connectivity index (χ0) is 20.3. The van der Waals surface area contributed by atoms with Gasteiger partial charge in [-0.05, 0) is 36.8 Å². The lowest BCUT2D eigenvalue weighted by Gasteiger charge is -2.35. The Hall–Kier alpha value is -2.49. The number of pyridine rings is 1. The molecule has 28 heavy (non-hydrogen) atoms. The molecule has 2 amide bonds. The van der Waals surface area contributed by atoms with Gasteiger partial charge in [0.05, 0.1) is 10.6 Å². The minimum Gasteiger partial charge on any atom is -0.755 e. The van der Waals surface area contributed by atoms with Gasteiger partial charge in [-0.1, -0.05) is 11.6 Å². The van der Waals surface area contributed by atoms with Crippen LogP contribution in [0.1, 0.15) is 26.3 Å². The number of anilines is 1. The fraction of sp³-hybridized carbons (Fsp3) is 0.278. The van der Waals surface area contributed by atoms with Crippen LogP contribution in [0.15, 0.2) is 36.7 Å². The normalized spacial score (nSPS) is 15.2. The molecule has 1 saturated heterocycles. The Labute approximate surface area is 169 Å². The van der Waals surface area contributed by atoms with Crippen molar-refractivity contribution in [3.8, 4) is 0 Å². The molecule has 10 heteroatoms. The summed E-state index contributed by atoms with van der Waals surface area (Å²) in [4.78, 5) is 32.5. The van der Waals surface area contributed by atoms with Crippen LogP contribution in [0.25, 0.3) is 0 Å². The molecular weight excluding hydrogens is 404 g/mol. The van der Waals surface area contributed by atoms with Crippen molar-refractivity contribution in [1.82, 2.24) is 14.8 Å². The predicted molar refractivity (Wildman–Crippen MR) is 105 cm³/mol. The number of halogens is 1. The number of hydrogen-bond acceptors (Lipinski definition) is 5. The van der Waals surface area contributed by atoms with Crippen LogP contribution in [0.2, 0.25) is 5.02 Å². The number of aryl methyl sites for hydroxylation is 1. The first kappa shape index (κ1) is 20.2. The van der Waals surface area contributed by atoms with Gasteiger partial charge >= 0.3 is 0 Å². The highest BCUT2D eigenvalue weighted by Gasteiger charge is 2.26. The van der Waals surface area contributed by atoms with Crippen LogP contribution < -0.4 is 4.72 Å². The van der Waals surface area contributed by atoms with Crippen molar-refractivity contribution in [2.75, 3.05) is 30.9 Å². The molecule has 0 saturated carbocycles. The number of hydrogen-bond donors (Lipinski definition) is 1. The van der Waals surface area contributed by atoms with Crippen molar-refractivity contribution in [1.29, 1.82) is 0 Å². The number of aromatic nitrogens is 1. The van der Waals surface area contributed by atoms with Crippen molar-refractivity contribution in [2.45, 2.75) is 6.92 Å². The Morgan fingerprint density at radius 2 is 1.68 bits per heavy atom. The molecule has 148 valence electrons. The maximum absolute atomic E-state index is 12.7. The SMILES string of the molecule is Cc1cc(C(=O)N2CCN(C(=O)c3cncc(Cl)c3)CC2)ccc1NS(=O)[O-]. The number of nitrogens with zero attached hydrogens (tertiary/aromatic N) is 3. The molecule has 1 aromatic carbocycles. The summed E-state index contributed by atoms with van der Waals surface area (Å²) < 4.78 is 23.8. The van der Waals surface area contributed by atoms with Crippen LogP contribution in [0.4, 0.5) is 5.69 Å². The van der Waals surface area contributed by atoms with Gasteiger partial charge in [0.2, 0.25) is 0 Å². The van der Waals surface area contributed by atoms with E-state index in [9.17, 15) is 18.4 Å². The molecule has 1 atom stereocenters. The molecule has 1 N–H and O–H groups in total. The molecule has 1 unspecified atom stereocenters.